The SMILES string of the molecule is Cc1cc(CCN2CC(CF)C2)nn([C@@]2(C(=O)O)SCC2C(C)C)c1=O. The summed E-state index contributed by atoms with van der Waals surface area (Å²) in [6, 6.07) is 1.74. The summed E-state index contributed by atoms with van der Waals surface area (Å²) in [6.45, 7) is 7.62. The number of nitrogens with zero attached hydrogens (tertiary/aromatic N) is 3. The van der Waals surface area contributed by atoms with Crippen molar-refractivity contribution in [3.8, 4) is 0 Å². The molecule has 0 aliphatic carbocycles. The third-order valence-electron chi connectivity index (χ3n) is 5.49. The highest BCUT2D eigenvalue weighted by Crippen LogP contribution is 2.52. The van der Waals surface area contributed by atoms with Crippen LogP contribution in [-0.4, -0.2) is 57.8 Å². The molecule has 6 nitrogen and oxygen atoms in total. The third kappa shape index (κ3) is 3.17. The van der Waals surface area contributed by atoms with E-state index in [-0.39, 0.29) is 30.0 Å². The van der Waals surface area contributed by atoms with Gasteiger partial charge in [0.1, 0.15) is 0 Å². The molecular formula is C18H26FN3O3S. The Morgan fingerprint density at radius 3 is 2.69 bits per heavy atom. The maximum Gasteiger partial charge on any atom is 0.342 e. The molecule has 2 saturated heterocycles. The third-order valence-corrected chi connectivity index (χ3v) is 7.10. The molecule has 0 amide bonds. The maximum atomic E-state index is 12.7. The molecule has 3 heterocycles. The molecule has 8 heteroatoms. The van der Waals surface area contributed by atoms with E-state index < -0.39 is 10.8 Å². The summed E-state index contributed by atoms with van der Waals surface area (Å²) in [5.41, 5.74) is 0.882. The quantitative estimate of drug-likeness (QED) is 0.773. The van der Waals surface area contributed by atoms with Gasteiger partial charge in [0.15, 0.2) is 0 Å². The number of likely N-dealkylation sites (tertiary alicyclic amines) is 1. The first-order valence-corrected chi connectivity index (χ1v) is 10.0. The van der Waals surface area contributed by atoms with Crippen LogP contribution in [0.4, 0.5) is 4.39 Å². The van der Waals surface area contributed by atoms with Crippen molar-refractivity contribution < 1.29 is 14.3 Å². The number of carboxylic acids is 1. The Morgan fingerprint density at radius 1 is 1.50 bits per heavy atom. The first kappa shape index (κ1) is 19.4. The Kier molecular flexibility index (Phi) is 5.44. The lowest BCUT2D eigenvalue weighted by Gasteiger charge is -2.47. The van der Waals surface area contributed by atoms with Crippen molar-refractivity contribution in [2.24, 2.45) is 17.8 Å². The van der Waals surface area contributed by atoms with Crippen LogP contribution < -0.4 is 5.56 Å². The van der Waals surface area contributed by atoms with E-state index in [0.29, 0.717) is 23.4 Å². The van der Waals surface area contributed by atoms with Crippen molar-refractivity contribution >= 4 is 17.7 Å². The Morgan fingerprint density at radius 2 is 2.19 bits per heavy atom. The second kappa shape index (κ2) is 7.31. The van der Waals surface area contributed by atoms with E-state index in [2.05, 4.69) is 10.00 Å². The maximum absolute atomic E-state index is 12.7. The Hall–Kier alpha value is -1.41. The molecule has 0 aromatic carbocycles. The molecule has 144 valence electrons. The van der Waals surface area contributed by atoms with Crippen molar-refractivity contribution in [3.63, 3.8) is 0 Å². The molecule has 3 rings (SSSR count). The second-order valence-corrected chi connectivity index (χ2v) is 8.97. The van der Waals surface area contributed by atoms with Crippen LogP contribution in [0.25, 0.3) is 0 Å². The van der Waals surface area contributed by atoms with Crippen molar-refractivity contribution in [1.29, 1.82) is 0 Å². The number of carbonyl (C=O) groups is 1. The van der Waals surface area contributed by atoms with Crippen LogP contribution in [0.1, 0.15) is 25.1 Å². The van der Waals surface area contributed by atoms with Gasteiger partial charge >= 0.3 is 5.97 Å². The molecule has 0 radical (unpaired) electrons. The van der Waals surface area contributed by atoms with Gasteiger partial charge in [-0.2, -0.15) is 5.10 Å². The van der Waals surface area contributed by atoms with Gasteiger partial charge in [-0.05, 0) is 18.9 Å². The molecule has 0 bridgehead atoms. The highest BCUT2D eigenvalue weighted by Gasteiger charge is 2.58. The molecule has 2 atom stereocenters. The molecule has 1 unspecified atom stereocenters. The standard InChI is InChI=1S/C18H26FN3O3S/c1-11(2)15-10-26-18(15,17(24)25)22-16(23)12(3)6-14(20-22)4-5-21-8-13(7-19)9-21/h6,11,13,15H,4-5,7-10H2,1-3H3,(H,24,25)/t15?,18-/m1/s1. The zero-order valence-electron chi connectivity index (χ0n) is 15.4. The van der Waals surface area contributed by atoms with E-state index in [0.717, 1.165) is 19.6 Å². The Bertz CT molecular complexity index is 748. The number of thioether (sulfide) groups is 1. The van der Waals surface area contributed by atoms with E-state index in [1.807, 2.05) is 13.8 Å². The fourth-order valence-corrected chi connectivity index (χ4v) is 5.47. The summed E-state index contributed by atoms with van der Waals surface area (Å²) < 4.78 is 13.8. The lowest BCUT2D eigenvalue weighted by Crippen LogP contribution is -2.60. The van der Waals surface area contributed by atoms with Crippen molar-refractivity contribution in [3.05, 3.63) is 27.7 Å². The van der Waals surface area contributed by atoms with E-state index in [1.165, 1.54) is 16.4 Å². The number of rotatable bonds is 7. The summed E-state index contributed by atoms with van der Waals surface area (Å²) in [5, 5.41) is 14.4. The Labute approximate surface area is 156 Å². The van der Waals surface area contributed by atoms with Crippen molar-refractivity contribution in [2.75, 3.05) is 32.1 Å². The number of aromatic nitrogens is 2. The number of hydrogen-bond donors (Lipinski definition) is 1. The van der Waals surface area contributed by atoms with Gasteiger partial charge in [-0.1, -0.05) is 13.8 Å². The molecule has 2 aliphatic heterocycles. The van der Waals surface area contributed by atoms with Gasteiger partial charge in [0.25, 0.3) is 5.56 Å². The average Bonchev–Trinajstić information content (AvgIpc) is 2.48. The monoisotopic (exact) mass is 383 g/mol. The number of hydrogen-bond acceptors (Lipinski definition) is 5. The van der Waals surface area contributed by atoms with Crippen molar-refractivity contribution in [2.45, 2.75) is 32.1 Å². The van der Waals surface area contributed by atoms with E-state index >= 15 is 0 Å². The van der Waals surface area contributed by atoms with Gasteiger partial charge in [-0.15, -0.1) is 11.8 Å². The molecular weight excluding hydrogens is 357 g/mol. The summed E-state index contributed by atoms with van der Waals surface area (Å²) in [6.07, 6.45) is 0.618. The highest BCUT2D eigenvalue weighted by atomic mass is 32.2. The Balaban J connectivity index is 1.86. The predicted molar refractivity (Wildman–Crippen MR) is 99.2 cm³/mol. The van der Waals surface area contributed by atoms with Crippen LogP contribution in [0.2, 0.25) is 0 Å². The van der Waals surface area contributed by atoms with Crippen LogP contribution in [0.3, 0.4) is 0 Å². The number of carboxylic acid groups (broad SMARTS) is 1. The summed E-state index contributed by atoms with van der Waals surface area (Å²) in [5.74, 6) is -0.159. The molecule has 2 aliphatic rings. The largest absolute Gasteiger partial charge is 0.479 e. The number of aliphatic carboxylic acids is 1. The molecule has 1 aromatic heterocycles. The zero-order chi connectivity index (χ0) is 19.1. The fraction of sp³-hybridized carbons (Fsp3) is 0.722. The minimum Gasteiger partial charge on any atom is -0.479 e. The van der Waals surface area contributed by atoms with Crippen LogP contribution in [0, 0.1) is 24.7 Å². The van der Waals surface area contributed by atoms with Crippen LogP contribution in [-0.2, 0) is 16.1 Å². The summed E-state index contributed by atoms with van der Waals surface area (Å²) in [4.78, 5) is 25.6. The molecule has 0 spiro atoms. The van der Waals surface area contributed by atoms with Gasteiger partial charge in [0.2, 0.25) is 4.87 Å². The number of alkyl halides is 1. The molecule has 0 saturated carbocycles. The lowest BCUT2D eigenvalue weighted by atomic mass is 9.88. The fourth-order valence-electron chi connectivity index (χ4n) is 3.77. The van der Waals surface area contributed by atoms with Crippen molar-refractivity contribution in [1.82, 2.24) is 14.7 Å². The predicted octanol–water partition coefficient (Wildman–Crippen LogP) is 1.75. The van der Waals surface area contributed by atoms with Crippen LogP contribution in [0.5, 0.6) is 0 Å². The molecule has 2 fully saturated rings. The van der Waals surface area contributed by atoms with Gasteiger partial charge < -0.3 is 10.0 Å². The highest BCUT2D eigenvalue weighted by molar-refractivity contribution is 8.02. The summed E-state index contributed by atoms with van der Waals surface area (Å²) in [7, 11) is 0. The van der Waals surface area contributed by atoms with Gasteiger partial charge in [-0.25, -0.2) is 9.48 Å². The van der Waals surface area contributed by atoms with E-state index in [1.54, 1.807) is 13.0 Å². The normalized spacial score (nSPS) is 26.6. The smallest absolute Gasteiger partial charge is 0.342 e. The summed E-state index contributed by atoms with van der Waals surface area (Å²) >= 11 is 1.27. The van der Waals surface area contributed by atoms with Gasteiger partial charge in [0, 0.05) is 49.2 Å². The zero-order valence-corrected chi connectivity index (χ0v) is 16.3. The number of halogens is 1. The van der Waals surface area contributed by atoms with Gasteiger partial charge in [0.05, 0.1) is 12.4 Å². The molecule has 1 N–H and O–H groups in total. The van der Waals surface area contributed by atoms with E-state index in [9.17, 15) is 19.1 Å². The average molecular weight is 383 g/mol. The first-order chi connectivity index (χ1) is 12.3. The van der Waals surface area contributed by atoms with Crippen LogP contribution in [0.15, 0.2) is 10.9 Å². The topological polar surface area (TPSA) is 75.4 Å². The van der Waals surface area contributed by atoms with Crippen LogP contribution >= 0.6 is 11.8 Å². The number of aryl methyl sites for hydroxylation is 1. The minimum absolute atomic E-state index is 0.132. The van der Waals surface area contributed by atoms with E-state index in [4.69, 9.17) is 0 Å². The molecule has 1 aromatic rings. The lowest BCUT2D eigenvalue weighted by molar-refractivity contribution is -0.147. The minimum atomic E-state index is -1.32. The second-order valence-electron chi connectivity index (χ2n) is 7.73. The first-order valence-electron chi connectivity index (χ1n) is 9.05. The molecule has 26 heavy (non-hydrogen) atoms. The van der Waals surface area contributed by atoms with Gasteiger partial charge in [-0.3, -0.25) is 9.18 Å².